The zero-order chi connectivity index (χ0) is 51.5. The summed E-state index contributed by atoms with van der Waals surface area (Å²) in [5.74, 6) is 1.08. The molecule has 0 N–H and O–H groups in total. The van der Waals surface area contributed by atoms with Crippen molar-refractivity contribution in [3.63, 3.8) is 0 Å². The number of nitriles is 2. The van der Waals surface area contributed by atoms with Crippen molar-refractivity contribution in [2.75, 3.05) is 9.80 Å². The molecule has 3 aliphatic rings. The Morgan fingerprint density at radius 1 is 0.400 bits per heavy atom. The van der Waals surface area contributed by atoms with Crippen LogP contribution in [-0.4, -0.2) is 0 Å². The normalized spacial score (nSPS) is 14.4. The predicted octanol–water partition coefficient (Wildman–Crippen LogP) is 18.7. The van der Waals surface area contributed by atoms with E-state index in [1.165, 1.54) is 44.5 Å². The first-order valence-electron chi connectivity index (χ1n) is 26.3. The average molecular weight is 971 g/mol. The van der Waals surface area contributed by atoms with E-state index in [-0.39, 0.29) is 16.4 Å². The Labute approximate surface area is 442 Å². The van der Waals surface area contributed by atoms with E-state index in [0.717, 1.165) is 70.9 Å². The number of ether oxygens (including phenoxy) is 1. The van der Waals surface area contributed by atoms with Crippen LogP contribution in [0.2, 0.25) is 0 Å². The minimum absolute atomic E-state index is 0.0296. The molecule has 5 nitrogen and oxygen atoms in total. The van der Waals surface area contributed by atoms with Crippen molar-refractivity contribution in [3.05, 3.63) is 274 Å². The Morgan fingerprint density at radius 2 is 0.720 bits per heavy atom. The summed E-state index contributed by atoms with van der Waals surface area (Å²) < 4.78 is 6.56. The quantitative estimate of drug-likeness (QED) is 0.102. The molecule has 0 radical (unpaired) electrons. The summed E-state index contributed by atoms with van der Waals surface area (Å²) in [5, 5.41) is 20.1. The molecular weight excluding hydrogens is 913 g/mol. The molecule has 0 spiro atoms. The SMILES string of the molecule is CCC1(CC)c2cc(/C=C/C3=CC(=C(C#N)C#N)C=C(/C=C/c4ccc5c(c4)C(CC)(CC)c4cc(N(c6ccccc6)c6ccccc6)ccc4-5)O3)ccc2-c2ccc(N(c3ccccc3)c3ccccc3)cc21. The van der Waals surface area contributed by atoms with E-state index in [1.807, 2.05) is 12.2 Å². The molecule has 1 heterocycles. The van der Waals surface area contributed by atoms with Gasteiger partial charge in [0.15, 0.2) is 0 Å². The number of allylic oxidation sites excluding steroid dienone is 6. The zero-order valence-electron chi connectivity index (χ0n) is 43.0. The van der Waals surface area contributed by atoms with Crippen molar-refractivity contribution in [1.29, 1.82) is 10.5 Å². The summed E-state index contributed by atoms with van der Waals surface area (Å²) in [4.78, 5) is 4.68. The zero-order valence-corrected chi connectivity index (χ0v) is 43.0. The molecule has 364 valence electrons. The van der Waals surface area contributed by atoms with Crippen LogP contribution in [0.1, 0.15) is 86.8 Å². The van der Waals surface area contributed by atoms with Gasteiger partial charge in [0.05, 0.1) is 0 Å². The van der Waals surface area contributed by atoms with Gasteiger partial charge in [0.25, 0.3) is 0 Å². The van der Waals surface area contributed by atoms with Crippen LogP contribution in [0.15, 0.2) is 241 Å². The Hall–Kier alpha value is -9.16. The van der Waals surface area contributed by atoms with Crippen molar-refractivity contribution in [3.8, 4) is 34.4 Å². The fourth-order valence-electron chi connectivity index (χ4n) is 12.1. The Morgan fingerprint density at radius 3 is 1.04 bits per heavy atom. The second-order valence-electron chi connectivity index (χ2n) is 19.6. The van der Waals surface area contributed by atoms with E-state index < -0.39 is 0 Å². The van der Waals surface area contributed by atoms with Gasteiger partial charge in [0.1, 0.15) is 29.2 Å². The van der Waals surface area contributed by atoms with Gasteiger partial charge in [-0.2, -0.15) is 10.5 Å². The molecule has 0 saturated heterocycles. The number of benzene rings is 8. The summed E-state index contributed by atoms with van der Waals surface area (Å²) in [6, 6.07) is 74.0. The van der Waals surface area contributed by atoms with E-state index >= 15 is 0 Å². The fourth-order valence-corrected chi connectivity index (χ4v) is 12.1. The first-order valence-corrected chi connectivity index (χ1v) is 26.3. The molecule has 0 amide bonds. The van der Waals surface area contributed by atoms with Crippen LogP contribution in [0.5, 0.6) is 0 Å². The highest BCUT2D eigenvalue weighted by atomic mass is 16.5. The molecule has 0 aromatic heterocycles. The van der Waals surface area contributed by atoms with Crippen LogP contribution < -0.4 is 9.80 Å². The van der Waals surface area contributed by atoms with Crippen molar-refractivity contribution >= 4 is 46.3 Å². The third-order valence-corrected chi connectivity index (χ3v) is 15.9. The van der Waals surface area contributed by atoms with Crippen LogP contribution in [-0.2, 0) is 15.6 Å². The van der Waals surface area contributed by atoms with Gasteiger partial charge in [-0.1, -0.05) is 161 Å². The number of nitrogens with zero attached hydrogens (tertiary/aromatic N) is 4. The maximum absolute atomic E-state index is 10.0. The molecule has 0 bridgehead atoms. The summed E-state index contributed by atoms with van der Waals surface area (Å²) in [7, 11) is 0. The highest BCUT2D eigenvalue weighted by Crippen LogP contribution is 2.56. The van der Waals surface area contributed by atoms with Crippen molar-refractivity contribution in [1.82, 2.24) is 0 Å². The Balaban J connectivity index is 0.878. The summed E-state index contributed by atoms with van der Waals surface area (Å²) in [6.07, 6.45) is 15.4. The van der Waals surface area contributed by atoms with E-state index in [1.54, 1.807) is 12.2 Å². The van der Waals surface area contributed by atoms with Gasteiger partial charge in [-0.3, -0.25) is 0 Å². The smallest absolute Gasteiger partial charge is 0.137 e. The molecule has 8 aromatic rings. The maximum Gasteiger partial charge on any atom is 0.137 e. The van der Waals surface area contributed by atoms with Crippen molar-refractivity contribution in [2.24, 2.45) is 0 Å². The third kappa shape index (κ3) is 8.57. The monoisotopic (exact) mass is 970 g/mol. The molecule has 0 fully saturated rings. The van der Waals surface area contributed by atoms with Crippen molar-refractivity contribution in [2.45, 2.75) is 64.2 Å². The van der Waals surface area contributed by atoms with E-state index in [2.05, 4.69) is 256 Å². The molecule has 1 aliphatic heterocycles. The molecule has 5 heteroatoms. The van der Waals surface area contributed by atoms with Crippen LogP contribution in [0, 0.1) is 22.7 Å². The lowest BCUT2D eigenvalue weighted by atomic mass is 9.73. The molecule has 8 aromatic carbocycles. The molecule has 0 saturated carbocycles. The standard InChI is InChI=1S/C70H58N4O/c1-5-69(6-2)65-41-49(31-37-61(65)63-39-33-57(45-67(63)69)73(53-21-13-9-14-22-53)54-23-15-10-16-24-54)29-35-59-43-51(52(47-71)48-72)44-60(75-59)36-30-50-32-38-62-64-40-34-58(46-68(64)70(7-3,8-4)66(62)42-50)74(55-25-17-11-18-26-55)56-27-19-12-20-28-56/h9-46H,5-8H2,1-4H3/b35-29+,36-30+. The van der Waals surface area contributed by atoms with E-state index in [9.17, 15) is 10.5 Å². The molecule has 2 aliphatic carbocycles. The van der Waals surface area contributed by atoms with Gasteiger partial charge in [-0.25, -0.2) is 0 Å². The molecule has 75 heavy (non-hydrogen) atoms. The largest absolute Gasteiger partial charge is 0.457 e. The number of hydrogen-bond acceptors (Lipinski definition) is 5. The number of fused-ring (bicyclic) bond motifs is 6. The van der Waals surface area contributed by atoms with Gasteiger partial charge in [-0.05, 0) is 178 Å². The highest BCUT2D eigenvalue weighted by molar-refractivity contribution is 5.88. The van der Waals surface area contributed by atoms with Crippen LogP contribution in [0.4, 0.5) is 34.1 Å². The predicted molar refractivity (Wildman–Crippen MR) is 309 cm³/mol. The summed E-state index contributed by atoms with van der Waals surface area (Å²) >= 11 is 0. The van der Waals surface area contributed by atoms with Gasteiger partial charge in [0, 0.05) is 50.5 Å². The minimum atomic E-state index is -0.182. The first kappa shape index (κ1) is 48.1. The van der Waals surface area contributed by atoms with Gasteiger partial charge in [-0.15, -0.1) is 0 Å². The lowest BCUT2D eigenvalue weighted by Crippen LogP contribution is -2.23. The van der Waals surface area contributed by atoms with E-state index in [0.29, 0.717) is 17.1 Å². The lowest BCUT2D eigenvalue weighted by Gasteiger charge is -2.32. The number of anilines is 6. The van der Waals surface area contributed by atoms with Gasteiger partial charge >= 0.3 is 0 Å². The van der Waals surface area contributed by atoms with Crippen LogP contribution in [0.3, 0.4) is 0 Å². The molecule has 0 atom stereocenters. The van der Waals surface area contributed by atoms with Gasteiger partial charge in [0.2, 0.25) is 0 Å². The molecular formula is C70H58N4O. The lowest BCUT2D eigenvalue weighted by molar-refractivity contribution is 0.332. The third-order valence-electron chi connectivity index (χ3n) is 15.9. The fraction of sp³-hybridized carbons (Fsp3) is 0.143. The average Bonchev–Trinajstić information content (AvgIpc) is 3.91. The molecule has 0 unspecified atom stereocenters. The second kappa shape index (κ2) is 20.4. The summed E-state index contributed by atoms with van der Waals surface area (Å²) in [5.41, 5.74) is 19.4. The number of rotatable bonds is 14. The first-order chi connectivity index (χ1) is 36.8. The van der Waals surface area contributed by atoms with Crippen LogP contribution >= 0.6 is 0 Å². The van der Waals surface area contributed by atoms with Gasteiger partial charge < -0.3 is 14.5 Å². The Kier molecular flexibility index (Phi) is 13.1. The highest BCUT2D eigenvalue weighted by Gasteiger charge is 2.42. The molecule has 11 rings (SSSR count). The minimum Gasteiger partial charge on any atom is -0.457 e. The van der Waals surface area contributed by atoms with E-state index in [4.69, 9.17) is 4.74 Å². The topological polar surface area (TPSA) is 63.3 Å². The number of hydrogen-bond donors (Lipinski definition) is 0. The van der Waals surface area contributed by atoms with Crippen molar-refractivity contribution < 1.29 is 4.74 Å². The maximum atomic E-state index is 10.0. The summed E-state index contributed by atoms with van der Waals surface area (Å²) in [6.45, 7) is 9.20. The Bertz CT molecular complexity index is 3370. The second-order valence-corrected chi connectivity index (χ2v) is 19.6. The van der Waals surface area contributed by atoms with Crippen LogP contribution in [0.25, 0.3) is 34.4 Å². The number of para-hydroxylation sites is 4.